The number of carbonyl (C=O) groups excluding carboxylic acids is 1. The summed E-state index contributed by atoms with van der Waals surface area (Å²) in [7, 11) is 3.02. The van der Waals surface area contributed by atoms with Gasteiger partial charge in [-0.05, 0) is 48.5 Å². The highest BCUT2D eigenvalue weighted by Crippen LogP contribution is 2.44. The van der Waals surface area contributed by atoms with Gasteiger partial charge in [0.15, 0.2) is 0 Å². The van der Waals surface area contributed by atoms with E-state index in [0.717, 1.165) is 15.5 Å². The monoisotopic (exact) mass is 472 g/mol. The molecule has 0 saturated heterocycles. The second kappa shape index (κ2) is 10.8. The highest BCUT2D eigenvalue weighted by molar-refractivity contribution is 8.76. The first-order valence-corrected chi connectivity index (χ1v) is 12.2. The fraction of sp³-hybridized carbons (Fsp3) is 0. The number of hydrogen-bond acceptors (Lipinski definition) is 6. The molecule has 0 saturated carbocycles. The third kappa shape index (κ3) is 5.77. The summed E-state index contributed by atoms with van der Waals surface area (Å²) in [6.45, 7) is 0. The van der Waals surface area contributed by atoms with E-state index < -0.39 is 0 Å². The molecule has 0 fully saturated rings. The van der Waals surface area contributed by atoms with Crippen molar-refractivity contribution in [3.8, 4) is 11.5 Å². The maximum Gasteiger partial charge on any atom is 0.259 e. The number of rotatable bonds is 7. The molecule has 0 bridgehead atoms. The molecule has 1 amide bonds. The Labute approximate surface area is 199 Å². The lowest BCUT2D eigenvalue weighted by Gasteiger charge is -2.11. The van der Waals surface area contributed by atoms with Gasteiger partial charge in [-0.15, -0.1) is 0 Å². The van der Waals surface area contributed by atoms with Crippen LogP contribution in [0.25, 0.3) is 0 Å². The number of carbonyl (C=O) groups is 1. The van der Waals surface area contributed by atoms with Gasteiger partial charge in [0, 0.05) is 21.6 Å². The topological polar surface area (TPSA) is 81.9 Å². The highest BCUT2D eigenvalue weighted by atomic mass is 33.1. The van der Waals surface area contributed by atoms with E-state index in [9.17, 15) is 15.0 Å². The zero-order valence-corrected chi connectivity index (χ0v) is 19.0. The molecule has 0 radical (unpaired) electrons. The molecule has 0 aliphatic heterocycles. The van der Waals surface area contributed by atoms with Crippen LogP contribution in [0.1, 0.15) is 15.9 Å². The summed E-state index contributed by atoms with van der Waals surface area (Å²) in [4.78, 5) is 19.0. The molecule has 4 aromatic carbocycles. The van der Waals surface area contributed by atoms with E-state index in [2.05, 4.69) is 10.3 Å². The lowest BCUT2D eigenvalue weighted by molar-refractivity contribution is 0.102. The Morgan fingerprint density at radius 1 is 0.727 bits per heavy atom. The van der Waals surface area contributed by atoms with Crippen molar-refractivity contribution in [3.63, 3.8) is 0 Å². The van der Waals surface area contributed by atoms with Crippen LogP contribution in [0.15, 0.2) is 112 Å². The molecule has 164 valence electrons. The van der Waals surface area contributed by atoms with Gasteiger partial charge in [-0.2, -0.15) is 0 Å². The van der Waals surface area contributed by atoms with E-state index in [-0.39, 0.29) is 23.0 Å². The van der Waals surface area contributed by atoms with Gasteiger partial charge >= 0.3 is 0 Å². The van der Waals surface area contributed by atoms with E-state index in [1.54, 1.807) is 42.6 Å². The first kappa shape index (κ1) is 22.5. The van der Waals surface area contributed by atoms with Crippen molar-refractivity contribution in [2.24, 2.45) is 4.99 Å². The van der Waals surface area contributed by atoms with Crippen LogP contribution in [0, 0.1) is 0 Å². The minimum Gasteiger partial charge on any atom is -0.507 e. The third-order valence-corrected chi connectivity index (χ3v) is 7.12. The summed E-state index contributed by atoms with van der Waals surface area (Å²) in [5.41, 5.74) is 2.28. The largest absolute Gasteiger partial charge is 0.507 e. The van der Waals surface area contributed by atoms with E-state index in [1.165, 1.54) is 27.7 Å². The zero-order valence-electron chi connectivity index (χ0n) is 17.4. The Hall–Kier alpha value is -3.68. The van der Waals surface area contributed by atoms with Crippen LogP contribution in [0.4, 0.5) is 11.4 Å². The van der Waals surface area contributed by atoms with Crippen molar-refractivity contribution >= 4 is 45.1 Å². The normalized spacial score (nSPS) is 10.9. The van der Waals surface area contributed by atoms with Gasteiger partial charge < -0.3 is 15.5 Å². The molecule has 0 aliphatic rings. The van der Waals surface area contributed by atoms with Crippen LogP contribution in [-0.4, -0.2) is 22.3 Å². The number of nitrogens with zero attached hydrogens (tertiary/aromatic N) is 1. The SMILES string of the molecule is O=C(Nc1ccccc1SSc1ccccc1/N=C/c1ccccc1O)c1ccccc1O. The van der Waals surface area contributed by atoms with Crippen molar-refractivity contribution in [1.29, 1.82) is 0 Å². The van der Waals surface area contributed by atoms with Crippen LogP contribution in [0.3, 0.4) is 0 Å². The standard InChI is InChI=1S/C26H20N2O3S2/c29-22-13-5-1-9-18(22)17-27-20-11-3-7-15-24(20)32-33-25-16-8-4-12-21(25)28-26(31)19-10-2-6-14-23(19)30/h1-17,29-30H,(H,28,31)/b27-17+. The molecule has 4 aromatic rings. The van der Waals surface area contributed by atoms with Crippen LogP contribution in [-0.2, 0) is 0 Å². The number of anilines is 1. The molecular formula is C26H20N2O3S2. The molecule has 33 heavy (non-hydrogen) atoms. The lowest BCUT2D eigenvalue weighted by atomic mass is 10.2. The lowest BCUT2D eigenvalue weighted by Crippen LogP contribution is -2.12. The van der Waals surface area contributed by atoms with Crippen LogP contribution >= 0.6 is 21.6 Å². The maximum absolute atomic E-state index is 12.6. The first-order chi connectivity index (χ1) is 16.1. The molecule has 0 unspecified atom stereocenters. The Balaban J connectivity index is 1.50. The van der Waals surface area contributed by atoms with Gasteiger partial charge in [0.25, 0.3) is 5.91 Å². The van der Waals surface area contributed by atoms with E-state index in [4.69, 9.17) is 0 Å². The zero-order chi connectivity index (χ0) is 23.0. The maximum atomic E-state index is 12.6. The van der Waals surface area contributed by atoms with Gasteiger partial charge in [-0.1, -0.05) is 70.1 Å². The number of phenolic OH excluding ortho intramolecular Hbond substituents is 2. The molecular weight excluding hydrogens is 452 g/mol. The third-order valence-electron chi connectivity index (χ3n) is 4.65. The van der Waals surface area contributed by atoms with Gasteiger partial charge in [-0.3, -0.25) is 9.79 Å². The van der Waals surface area contributed by atoms with Crippen molar-refractivity contribution in [1.82, 2.24) is 0 Å². The molecule has 0 heterocycles. The van der Waals surface area contributed by atoms with E-state index in [1.807, 2.05) is 54.6 Å². The van der Waals surface area contributed by atoms with Crippen molar-refractivity contribution in [3.05, 3.63) is 108 Å². The fourth-order valence-corrected chi connectivity index (χ4v) is 5.22. The highest BCUT2D eigenvalue weighted by Gasteiger charge is 2.13. The summed E-state index contributed by atoms with van der Waals surface area (Å²) in [5, 5.41) is 22.8. The Morgan fingerprint density at radius 2 is 1.33 bits per heavy atom. The van der Waals surface area contributed by atoms with Crippen LogP contribution < -0.4 is 5.32 Å². The molecule has 4 rings (SSSR count). The summed E-state index contributed by atoms with van der Waals surface area (Å²) in [6.07, 6.45) is 1.64. The van der Waals surface area contributed by atoms with Crippen molar-refractivity contribution in [2.45, 2.75) is 9.79 Å². The van der Waals surface area contributed by atoms with Crippen LogP contribution in [0.2, 0.25) is 0 Å². The number of para-hydroxylation sites is 4. The van der Waals surface area contributed by atoms with E-state index in [0.29, 0.717) is 11.3 Å². The number of aliphatic imine (C=N–C) groups is 1. The van der Waals surface area contributed by atoms with Gasteiger partial charge in [0.2, 0.25) is 0 Å². The second-order valence-corrected chi connectivity index (χ2v) is 9.13. The number of amides is 1. The van der Waals surface area contributed by atoms with Crippen molar-refractivity contribution < 1.29 is 15.0 Å². The number of benzene rings is 4. The number of nitrogens with one attached hydrogen (secondary N) is 1. The Morgan fingerprint density at radius 3 is 2.12 bits per heavy atom. The summed E-state index contributed by atoms with van der Waals surface area (Å²) in [5.74, 6) is -0.264. The quantitative estimate of drug-likeness (QED) is 0.201. The van der Waals surface area contributed by atoms with Crippen LogP contribution in [0.5, 0.6) is 11.5 Å². The summed E-state index contributed by atoms with van der Waals surface area (Å²) >= 11 is 0. The average Bonchev–Trinajstić information content (AvgIpc) is 2.84. The molecule has 7 heteroatoms. The Bertz CT molecular complexity index is 1310. The van der Waals surface area contributed by atoms with Gasteiger partial charge in [-0.25, -0.2) is 0 Å². The predicted octanol–water partition coefficient (Wildman–Crippen LogP) is 6.90. The van der Waals surface area contributed by atoms with E-state index >= 15 is 0 Å². The smallest absolute Gasteiger partial charge is 0.259 e. The molecule has 3 N–H and O–H groups in total. The van der Waals surface area contributed by atoms with Gasteiger partial charge in [0.05, 0.1) is 16.9 Å². The number of aromatic hydroxyl groups is 2. The fourth-order valence-electron chi connectivity index (χ4n) is 2.96. The molecule has 0 atom stereocenters. The second-order valence-electron chi connectivity index (χ2n) is 6.92. The molecule has 0 spiro atoms. The minimum atomic E-state index is -0.376. The molecule has 0 aromatic heterocycles. The average molecular weight is 473 g/mol. The van der Waals surface area contributed by atoms with Crippen molar-refractivity contribution in [2.75, 3.05) is 5.32 Å². The predicted molar refractivity (Wildman–Crippen MR) is 136 cm³/mol. The molecule has 5 nitrogen and oxygen atoms in total. The number of hydrogen-bond donors (Lipinski definition) is 3. The molecule has 0 aliphatic carbocycles. The van der Waals surface area contributed by atoms with Gasteiger partial charge in [0.1, 0.15) is 11.5 Å². The summed E-state index contributed by atoms with van der Waals surface area (Å²) < 4.78 is 0. The minimum absolute atomic E-state index is 0.0641. The Kier molecular flexibility index (Phi) is 7.34. The first-order valence-electron chi connectivity index (χ1n) is 10.1. The summed E-state index contributed by atoms with van der Waals surface area (Å²) in [6, 6.07) is 28.7. The number of phenols is 2.